The highest BCUT2D eigenvalue weighted by Gasteiger charge is 2.31. The Bertz CT molecular complexity index is 750. The summed E-state index contributed by atoms with van der Waals surface area (Å²) in [6.07, 6.45) is 2.87. The van der Waals surface area contributed by atoms with Crippen LogP contribution in [0.2, 0.25) is 0 Å². The van der Waals surface area contributed by atoms with Crippen LogP contribution in [0.25, 0.3) is 4.96 Å². The van der Waals surface area contributed by atoms with E-state index in [1.807, 2.05) is 0 Å². The third-order valence-electron chi connectivity index (χ3n) is 3.33. The van der Waals surface area contributed by atoms with E-state index in [1.54, 1.807) is 18.5 Å². The SMILES string of the molecule is CC1C(=O)NCCN1C(=O)c1cnc2sccn2c1=O. The number of thiazole rings is 1. The number of carbonyl (C=O) groups excluding carboxylic acids is 2. The van der Waals surface area contributed by atoms with Gasteiger partial charge in [0.25, 0.3) is 11.5 Å². The molecule has 3 rings (SSSR count). The molecule has 2 aromatic heterocycles. The van der Waals surface area contributed by atoms with Crippen molar-refractivity contribution in [2.24, 2.45) is 0 Å². The van der Waals surface area contributed by atoms with Gasteiger partial charge in [-0.3, -0.25) is 18.8 Å². The van der Waals surface area contributed by atoms with Gasteiger partial charge in [0.1, 0.15) is 11.6 Å². The summed E-state index contributed by atoms with van der Waals surface area (Å²) in [4.78, 5) is 42.3. The van der Waals surface area contributed by atoms with Crippen LogP contribution in [0.5, 0.6) is 0 Å². The molecule has 0 bridgehead atoms. The summed E-state index contributed by atoms with van der Waals surface area (Å²) in [7, 11) is 0. The monoisotopic (exact) mass is 292 g/mol. The van der Waals surface area contributed by atoms with Crippen molar-refractivity contribution in [1.29, 1.82) is 0 Å². The molecule has 1 atom stereocenters. The zero-order chi connectivity index (χ0) is 14.3. The minimum atomic E-state index is -0.584. The standard InChI is InChI=1S/C12H12N4O3S/c1-7-9(17)13-2-3-15(7)10(18)8-6-14-12-16(11(8)19)4-5-20-12/h4-7H,2-3H2,1H3,(H,13,17). The van der Waals surface area contributed by atoms with Gasteiger partial charge in [-0.05, 0) is 6.92 Å². The number of hydrogen-bond donors (Lipinski definition) is 1. The van der Waals surface area contributed by atoms with Crippen molar-refractivity contribution in [1.82, 2.24) is 19.6 Å². The predicted octanol–water partition coefficient (Wildman–Crippen LogP) is -0.283. The Kier molecular flexibility index (Phi) is 3.01. The minimum Gasteiger partial charge on any atom is -0.353 e. The molecular formula is C12H12N4O3S. The number of amides is 2. The summed E-state index contributed by atoms with van der Waals surface area (Å²) in [6, 6.07) is -0.584. The summed E-state index contributed by atoms with van der Waals surface area (Å²) in [5.74, 6) is -0.667. The third kappa shape index (κ3) is 1.88. The molecule has 2 amide bonds. The zero-order valence-corrected chi connectivity index (χ0v) is 11.5. The number of rotatable bonds is 1. The van der Waals surface area contributed by atoms with E-state index in [2.05, 4.69) is 10.3 Å². The van der Waals surface area contributed by atoms with Crippen LogP contribution in [0.4, 0.5) is 0 Å². The van der Waals surface area contributed by atoms with Crippen molar-refractivity contribution in [2.75, 3.05) is 13.1 Å². The molecule has 104 valence electrons. The van der Waals surface area contributed by atoms with Crippen molar-refractivity contribution in [3.63, 3.8) is 0 Å². The van der Waals surface area contributed by atoms with Gasteiger partial charge in [-0.1, -0.05) is 0 Å². The average molecular weight is 292 g/mol. The topological polar surface area (TPSA) is 83.8 Å². The fourth-order valence-corrected chi connectivity index (χ4v) is 2.86. The summed E-state index contributed by atoms with van der Waals surface area (Å²) < 4.78 is 1.34. The van der Waals surface area contributed by atoms with Crippen molar-refractivity contribution in [2.45, 2.75) is 13.0 Å². The number of nitrogens with zero attached hydrogens (tertiary/aromatic N) is 3. The molecule has 8 heteroatoms. The number of hydrogen-bond acceptors (Lipinski definition) is 5. The van der Waals surface area contributed by atoms with Crippen molar-refractivity contribution >= 4 is 28.1 Å². The summed E-state index contributed by atoms with van der Waals surface area (Å²) in [6.45, 7) is 2.42. The molecule has 0 saturated carbocycles. The lowest BCUT2D eigenvalue weighted by Gasteiger charge is -2.32. The van der Waals surface area contributed by atoms with Crippen LogP contribution in [0, 0.1) is 0 Å². The molecule has 1 N–H and O–H groups in total. The Morgan fingerprint density at radius 3 is 3.10 bits per heavy atom. The molecule has 7 nitrogen and oxygen atoms in total. The van der Waals surface area contributed by atoms with E-state index in [-0.39, 0.29) is 11.5 Å². The molecule has 1 aliphatic rings. The van der Waals surface area contributed by atoms with Crippen LogP contribution in [-0.2, 0) is 4.79 Å². The molecule has 0 spiro atoms. The van der Waals surface area contributed by atoms with E-state index in [4.69, 9.17) is 0 Å². The average Bonchev–Trinajstić information content (AvgIpc) is 2.91. The van der Waals surface area contributed by atoms with Gasteiger partial charge in [0.15, 0.2) is 4.96 Å². The van der Waals surface area contributed by atoms with Crippen LogP contribution in [-0.4, -0.2) is 45.2 Å². The minimum absolute atomic E-state index is 0.0116. The summed E-state index contributed by atoms with van der Waals surface area (Å²) in [5.41, 5.74) is -0.415. The molecule has 2 aromatic rings. The number of carbonyl (C=O) groups is 2. The van der Waals surface area contributed by atoms with Gasteiger partial charge in [0, 0.05) is 30.9 Å². The largest absolute Gasteiger partial charge is 0.353 e. The van der Waals surface area contributed by atoms with Crippen LogP contribution in [0.15, 0.2) is 22.6 Å². The molecule has 20 heavy (non-hydrogen) atoms. The molecular weight excluding hydrogens is 280 g/mol. The summed E-state index contributed by atoms with van der Waals surface area (Å²) in [5, 5.41) is 4.41. The summed E-state index contributed by atoms with van der Waals surface area (Å²) >= 11 is 1.32. The molecule has 0 radical (unpaired) electrons. The third-order valence-corrected chi connectivity index (χ3v) is 4.10. The molecule has 3 heterocycles. The van der Waals surface area contributed by atoms with E-state index in [0.717, 1.165) is 0 Å². The van der Waals surface area contributed by atoms with Gasteiger partial charge < -0.3 is 10.2 Å². The lowest BCUT2D eigenvalue weighted by atomic mass is 10.1. The van der Waals surface area contributed by atoms with Crippen LogP contribution in [0.1, 0.15) is 17.3 Å². The van der Waals surface area contributed by atoms with Gasteiger partial charge in [-0.2, -0.15) is 0 Å². The van der Waals surface area contributed by atoms with Crippen LogP contribution < -0.4 is 10.9 Å². The number of fused-ring (bicyclic) bond motifs is 1. The fraction of sp³-hybridized carbons (Fsp3) is 0.333. The maximum absolute atomic E-state index is 12.4. The molecule has 0 aromatic carbocycles. The van der Waals surface area contributed by atoms with Crippen LogP contribution >= 0.6 is 11.3 Å². The van der Waals surface area contributed by atoms with Crippen LogP contribution in [0.3, 0.4) is 0 Å². The normalized spacial score (nSPS) is 19.1. The molecule has 1 unspecified atom stereocenters. The Morgan fingerprint density at radius 1 is 1.50 bits per heavy atom. The number of nitrogens with one attached hydrogen (secondary N) is 1. The number of piperazine rings is 1. The Hall–Kier alpha value is -2.22. The van der Waals surface area contributed by atoms with E-state index >= 15 is 0 Å². The maximum Gasteiger partial charge on any atom is 0.271 e. The van der Waals surface area contributed by atoms with Gasteiger partial charge in [-0.15, -0.1) is 11.3 Å². The molecule has 1 fully saturated rings. The second-order valence-corrected chi connectivity index (χ2v) is 5.37. The number of aromatic nitrogens is 2. The lowest BCUT2D eigenvalue weighted by Crippen LogP contribution is -2.56. The smallest absolute Gasteiger partial charge is 0.271 e. The highest BCUT2D eigenvalue weighted by atomic mass is 32.1. The molecule has 0 aliphatic carbocycles. The van der Waals surface area contributed by atoms with Crippen molar-refractivity contribution in [3.8, 4) is 0 Å². The highest BCUT2D eigenvalue weighted by Crippen LogP contribution is 2.10. The highest BCUT2D eigenvalue weighted by molar-refractivity contribution is 7.15. The quantitative estimate of drug-likeness (QED) is 0.783. The van der Waals surface area contributed by atoms with E-state index in [9.17, 15) is 14.4 Å². The van der Waals surface area contributed by atoms with Gasteiger partial charge in [-0.25, -0.2) is 4.98 Å². The Balaban J connectivity index is 2.02. The maximum atomic E-state index is 12.4. The molecule has 1 saturated heterocycles. The lowest BCUT2D eigenvalue weighted by molar-refractivity contribution is -0.127. The first-order chi connectivity index (χ1) is 9.59. The fourth-order valence-electron chi connectivity index (χ4n) is 2.19. The predicted molar refractivity (Wildman–Crippen MR) is 72.8 cm³/mol. The van der Waals surface area contributed by atoms with Gasteiger partial charge >= 0.3 is 0 Å². The Morgan fingerprint density at radius 2 is 2.30 bits per heavy atom. The zero-order valence-electron chi connectivity index (χ0n) is 10.7. The first kappa shape index (κ1) is 12.8. The molecule has 1 aliphatic heterocycles. The van der Waals surface area contributed by atoms with Crippen molar-refractivity contribution < 1.29 is 9.59 Å². The second kappa shape index (κ2) is 4.71. The van der Waals surface area contributed by atoms with E-state index in [1.165, 1.54) is 26.8 Å². The van der Waals surface area contributed by atoms with E-state index < -0.39 is 17.5 Å². The first-order valence-corrected chi connectivity index (χ1v) is 7.01. The first-order valence-electron chi connectivity index (χ1n) is 6.13. The van der Waals surface area contributed by atoms with Crippen molar-refractivity contribution in [3.05, 3.63) is 33.7 Å². The van der Waals surface area contributed by atoms with Gasteiger partial charge in [0.05, 0.1) is 0 Å². The van der Waals surface area contributed by atoms with E-state index in [0.29, 0.717) is 18.1 Å². The second-order valence-electron chi connectivity index (χ2n) is 4.50. The van der Waals surface area contributed by atoms with Gasteiger partial charge in [0.2, 0.25) is 5.91 Å². The Labute approximate surface area is 117 Å².